The number of nitrogens with zero attached hydrogens (tertiary/aromatic N) is 3. The monoisotopic (exact) mass is 378 g/mol. The maximum absolute atomic E-state index is 5.22. The van der Waals surface area contributed by atoms with Crippen LogP contribution in [-0.2, 0) is 18.7 Å². The highest BCUT2D eigenvalue weighted by Gasteiger charge is 2.14. The highest BCUT2D eigenvalue weighted by molar-refractivity contribution is 7.98. The minimum Gasteiger partial charge on any atom is -0.497 e. The molecule has 0 atom stereocenters. The van der Waals surface area contributed by atoms with Crippen LogP contribution in [0.2, 0.25) is 0 Å². The lowest BCUT2D eigenvalue weighted by Gasteiger charge is -2.07. The van der Waals surface area contributed by atoms with Crippen molar-refractivity contribution in [2.24, 2.45) is 0 Å². The average molecular weight is 379 g/mol. The minimum absolute atomic E-state index is 0.772. The van der Waals surface area contributed by atoms with Crippen molar-refractivity contribution >= 4 is 22.7 Å². The van der Waals surface area contributed by atoms with Crippen molar-refractivity contribution in [3.05, 3.63) is 71.7 Å². The fraction of sp³-hybridized carbons (Fsp3) is 0.238. The van der Waals surface area contributed by atoms with Crippen LogP contribution in [0.3, 0.4) is 0 Å². The molecule has 2 heterocycles. The normalized spacial score (nSPS) is 11.2. The molecular weight excluding hydrogens is 356 g/mol. The predicted octanol–water partition coefficient (Wildman–Crippen LogP) is 4.67. The Balaban J connectivity index is 1.51. The summed E-state index contributed by atoms with van der Waals surface area (Å²) in [6.07, 6.45) is 2.84. The van der Waals surface area contributed by atoms with Gasteiger partial charge in [-0.25, -0.2) is 0 Å². The Labute approximate surface area is 162 Å². The quantitative estimate of drug-likeness (QED) is 0.475. The first-order valence-electron chi connectivity index (χ1n) is 9.01. The summed E-state index contributed by atoms with van der Waals surface area (Å²) in [6, 6.07) is 16.5. The average Bonchev–Trinajstić information content (AvgIpc) is 3.31. The molecule has 0 radical (unpaired) electrons. The van der Waals surface area contributed by atoms with E-state index in [1.54, 1.807) is 18.9 Å². The number of benzene rings is 2. The third kappa shape index (κ3) is 3.71. The first kappa shape index (κ1) is 17.7. The van der Waals surface area contributed by atoms with Gasteiger partial charge in [0.25, 0.3) is 0 Å². The number of aromatic nitrogens is 4. The van der Waals surface area contributed by atoms with Crippen molar-refractivity contribution in [2.45, 2.75) is 30.8 Å². The van der Waals surface area contributed by atoms with E-state index in [1.165, 1.54) is 16.5 Å². The van der Waals surface area contributed by atoms with Gasteiger partial charge in [0.1, 0.15) is 11.6 Å². The van der Waals surface area contributed by atoms with E-state index in [0.29, 0.717) is 0 Å². The molecule has 2 aromatic carbocycles. The summed E-state index contributed by atoms with van der Waals surface area (Å²) in [5.74, 6) is 2.73. The topological polar surface area (TPSA) is 55.7 Å². The Kier molecular flexibility index (Phi) is 5.16. The predicted molar refractivity (Wildman–Crippen MR) is 109 cm³/mol. The molecule has 0 unspecified atom stereocenters. The van der Waals surface area contributed by atoms with Crippen molar-refractivity contribution in [1.82, 2.24) is 19.7 Å². The molecule has 2 aromatic heterocycles. The number of para-hydroxylation sites is 1. The van der Waals surface area contributed by atoms with Crippen LogP contribution in [0.5, 0.6) is 5.75 Å². The molecule has 5 nitrogen and oxygen atoms in total. The highest BCUT2D eigenvalue weighted by atomic mass is 32.2. The molecule has 4 rings (SSSR count). The SMILES string of the molecule is CCn1c(Cc2c[nH]c3ccccc23)nnc1SCc1ccc(OC)cc1. The van der Waals surface area contributed by atoms with Gasteiger partial charge in [0.05, 0.1) is 7.11 Å². The molecule has 0 saturated carbocycles. The number of ether oxygens (including phenoxy) is 1. The molecule has 0 amide bonds. The van der Waals surface area contributed by atoms with E-state index in [0.717, 1.165) is 41.0 Å². The van der Waals surface area contributed by atoms with Gasteiger partial charge in [-0.05, 0) is 36.2 Å². The molecule has 0 aliphatic rings. The fourth-order valence-electron chi connectivity index (χ4n) is 3.19. The number of methoxy groups -OCH3 is 1. The number of hydrogen-bond donors (Lipinski definition) is 1. The van der Waals surface area contributed by atoms with Crippen molar-refractivity contribution < 1.29 is 4.74 Å². The van der Waals surface area contributed by atoms with Gasteiger partial charge in [0, 0.05) is 35.8 Å². The molecular formula is C21H22N4OS. The summed E-state index contributed by atoms with van der Waals surface area (Å²) in [7, 11) is 1.68. The lowest BCUT2D eigenvalue weighted by molar-refractivity contribution is 0.414. The second-order valence-corrected chi connectivity index (χ2v) is 7.26. The standard InChI is InChI=1S/C21H22N4OS/c1-3-25-20(12-16-13-22-19-7-5-4-6-18(16)19)23-24-21(25)27-14-15-8-10-17(26-2)11-9-15/h4-11,13,22H,3,12,14H2,1-2H3. The van der Waals surface area contributed by atoms with Gasteiger partial charge in [0.15, 0.2) is 5.16 Å². The summed E-state index contributed by atoms with van der Waals surface area (Å²) >= 11 is 1.72. The Morgan fingerprint density at radius 3 is 2.67 bits per heavy atom. The van der Waals surface area contributed by atoms with Crippen molar-refractivity contribution in [2.75, 3.05) is 7.11 Å². The Bertz CT molecular complexity index is 1040. The summed E-state index contributed by atoms with van der Waals surface area (Å²) < 4.78 is 7.42. The summed E-state index contributed by atoms with van der Waals surface area (Å²) in [4.78, 5) is 3.34. The van der Waals surface area contributed by atoms with Gasteiger partial charge in [-0.2, -0.15) is 0 Å². The van der Waals surface area contributed by atoms with Crippen LogP contribution in [0.4, 0.5) is 0 Å². The minimum atomic E-state index is 0.772. The molecule has 0 fully saturated rings. The van der Waals surface area contributed by atoms with Crippen LogP contribution in [0, 0.1) is 0 Å². The molecule has 0 bridgehead atoms. The second kappa shape index (κ2) is 7.88. The van der Waals surface area contributed by atoms with Crippen LogP contribution in [0.1, 0.15) is 23.9 Å². The van der Waals surface area contributed by atoms with Crippen LogP contribution in [0.25, 0.3) is 10.9 Å². The maximum Gasteiger partial charge on any atom is 0.191 e. The van der Waals surface area contributed by atoms with E-state index >= 15 is 0 Å². The summed E-state index contributed by atoms with van der Waals surface area (Å²) in [6.45, 7) is 3.00. The number of nitrogens with one attached hydrogen (secondary N) is 1. The highest BCUT2D eigenvalue weighted by Crippen LogP contribution is 2.25. The van der Waals surface area contributed by atoms with E-state index in [2.05, 4.69) is 63.2 Å². The number of thioether (sulfide) groups is 1. The largest absolute Gasteiger partial charge is 0.497 e. The lowest BCUT2D eigenvalue weighted by atomic mass is 10.1. The smallest absolute Gasteiger partial charge is 0.191 e. The van der Waals surface area contributed by atoms with Gasteiger partial charge >= 0.3 is 0 Å². The number of aromatic amines is 1. The first-order chi connectivity index (χ1) is 13.3. The van der Waals surface area contributed by atoms with Crippen LogP contribution < -0.4 is 4.74 Å². The molecule has 138 valence electrons. The van der Waals surface area contributed by atoms with Crippen LogP contribution >= 0.6 is 11.8 Å². The van der Waals surface area contributed by atoms with E-state index in [4.69, 9.17) is 4.74 Å². The number of hydrogen-bond acceptors (Lipinski definition) is 4. The Morgan fingerprint density at radius 2 is 1.89 bits per heavy atom. The van der Waals surface area contributed by atoms with E-state index in [-0.39, 0.29) is 0 Å². The zero-order valence-electron chi connectivity index (χ0n) is 15.5. The summed E-state index contributed by atoms with van der Waals surface area (Å²) in [5, 5.41) is 11.1. The van der Waals surface area contributed by atoms with E-state index < -0.39 is 0 Å². The van der Waals surface area contributed by atoms with Crippen molar-refractivity contribution in [3.8, 4) is 5.75 Å². The van der Waals surface area contributed by atoms with Gasteiger partial charge < -0.3 is 14.3 Å². The molecule has 0 spiro atoms. The summed E-state index contributed by atoms with van der Waals surface area (Å²) in [5.41, 5.74) is 3.65. The third-order valence-corrected chi connectivity index (χ3v) is 5.70. The number of rotatable bonds is 7. The van der Waals surface area contributed by atoms with Crippen molar-refractivity contribution in [3.63, 3.8) is 0 Å². The van der Waals surface area contributed by atoms with Crippen LogP contribution in [-0.4, -0.2) is 26.9 Å². The molecule has 27 heavy (non-hydrogen) atoms. The lowest BCUT2D eigenvalue weighted by Crippen LogP contribution is -2.04. The van der Waals surface area contributed by atoms with Gasteiger partial charge in [-0.3, -0.25) is 0 Å². The molecule has 0 saturated heterocycles. The zero-order valence-corrected chi connectivity index (χ0v) is 16.3. The molecule has 1 N–H and O–H groups in total. The van der Waals surface area contributed by atoms with Gasteiger partial charge in [-0.15, -0.1) is 10.2 Å². The molecule has 0 aliphatic heterocycles. The van der Waals surface area contributed by atoms with Gasteiger partial charge in [0.2, 0.25) is 0 Å². The van der Waals surface area contributed by atoms with Crippen molar-refractivity contribution in [1.29, 1.82) is 0 Å². The molecule has 0 aliphatic carbocycles. The van der Waals surface area contributed by atoms with E-state index in [1.807, 2.05) is 18.2 Å². The molecule has 6 heteroatoms. The van der Waals surface area contributed by atoms with Crippen LogP contribution in [0.15, 0.2) is 59.9 Å². The second-order valence-electron chi connectivity index (χ2n) is 6.32. The number of H-pyrrole nitrogens is 1. The number of fused-ring (bicyclic) bond motifs is 1. The third-order valence-electron chi connectivity index (χ3n) is 4.66. The molecule has 4 aromatic rings. The Hall–Kier alpha value is -2.73. The zero-order chi connectivity index (χ0) is 18.6. The van der Waals surface area contributed by atoms with E-state index in [9.17, 15) is 0 Å². The first-order valence-corrected chi connectivity index (χ1v) is 10.00. The van der Waals surface area contributed by atoms with Gasteiger partial charge in [-0.1, -0.05) is 42.1 Å². The maximum atomic E-state index is 5.22. The Morgan fingerprint density at radius 1 is 1.07 bits per heavy atom. The fourth-order valence-corrected chi connectivity index (χ4v) is 4.17.